The van der Waals surface area contributed by atoms with E-state index < -0.39 is 5.60 Å². The standard InChI is InChI=1S/C10H15N3O2S/c14-10(3-4-11-6-10)9-12-8(13-15-9)7-2-1-5-16-7/h7,11,14H,1-6H2. The fraction of sp³-hybridized carbons (Fsp3) is 0.800. The maximum Gasteiger partial charge on any atom is 0.260 e. The minimum Gasteiger partial charge on any atom is -0.379 e. The number of thioether (sulfide) groups is 1. The highest BCUT2D eigenvalue weighted by Gasteiger charge is 2.39. The largest absolute Gasteiger partial charge is 0.379 e. The molecule has 2 aliphatic rings. The van der Waals surface area contributed by atoms with Gasteiger partial charge in [-0.1, -0.05) is 5.16 Å². The van der Waals surface area contributed by atoms with Crippen molar-refractivity contribution in [2.75, 3.05) is 18.8 Å². The van der Waals surface area contributed by atoms with E-state index in [0.717, 1.165) is 18.8 Å². The third kappa shape index (κ3) is 1.74. The van der Waals surface area contributed by atoms with Crippen molar-refractivity contribution in [2.45, 2.75) is 30.1 Å². The van der Waals surface area contributed by atoms with E-state index in [4.69, 9.17) is 4.52 Å². The highest BCUT2D eigenvalue weighted by atomic mass is 32.2. The van der Waals surface area contributed by atoms with Gasteiger partial charge in [0.05, 0.1) is 5.25 Å². The number of β-amino-alcohol motifs (C(OH)–C–C–N with tert-alkyl or cyclic N) is 1. The molecule has 2 aliphatic heterocycles. The van der Waals surface area contributed by atoms with Gasteiger partial charge in [0.2, 0.25) is 0 Å². The second kappa shape index (κ2) is 4.01. The van der Waals surface area contributed by atoms with E-state index in [2.05, 4.69) is 15.5 Å². The predicted molar refractivity (Wildman–Crippen MR) is 60.1 cm³/mol. The molecule has 1 aromatic rings. The van der Waals surface area contributed by atoms with E-state index in [0.29, 0.717) is 24.1 Å². The van der Waals surface area contributed by atoms with E-state index in [-0.39, 0.29) is 0 Å². The zero-order valence-electron chi connectivity index (χ0n) is 8.98. The van der Waals surface area contributed by atoms with Gasteiger partial charge in [-0.3, -0.25) is 0 Å². The van der Waals surface area contributed by atoms with E-state index >= 15 is 0 Å². The second-order valence-electron chi connectivity index (χ2n) is 4.42. The lowest BCUT2D eigenvalue weighted by molar-refractivity contribution is 0.0243. The first-order chi connectivity index (χ1) is 7.78. The summed E-state index contributed by atoms with van der Waals surface area (Å²) in [5, 5.41) is 17.7. The van der Waals surface area contributed by atoms with Crippen LogP contribution in [0.5, 0.6) is 0 Å². The maximum atomic E-state index is 10.3. The van der Waals surface area contributed by atoms with Crippen LogP contribution in [0.2, 0.25) is 0 Å². The summed E-state index contributed by atoms with van der Waals surface area (Å²) in [6.45, 7) is 1.30. The number of hydrogen-bond acceptors (Lipinski definition) is 6. The summed E-state index contributed by atoms with van der Waals surface area (Å²) in [7, 11) is 0. The zero-order valence-corrected chi connectivity index (χ0v) is 9.79. The molecule has 0 saturated carbocycles. The van der Waals surface area contributed by atoms with Crippen LogP contribution in [0.25, 0.3) is 0 Å². The highest BCUT2D eigenvalue weighted by molar-refractivity contribution is 7.99. The Morgan fingerprint density at radius 3 is 3.19 bits per heavy atom. The molecule has 2 fully saturated rings. The lowest BCUT2D eigenvalue weighted by atomic mass is 10.0. The van der Waals surface area contributed by atoms with Gasteiger partial charge < -0.3 is 14.9 Å². The van der Waals surface area contributed by atoms with Crippen molar-refractivity contribution in [1.82, 2.24) is 15.5 Å². The molecule has 0 amide bonds. The summed E-state index contributed by atoms with van der Waals surface area (Å²) in [5.74, 6) is 2.29. The molecule has 1 aromatic heterocycles. The first-order valence-electron chi connectivity index (χ1n) is 5.67. The predicted octanol–water partition coefficient (Wildman–Crippen LogP) is 0.819. The van der Waals surface area contributed by atoms with Crippen LogP contribution in [0.1, 0.15) is 36.2 Å². The van der Waals surface area contributed by atoms with Crippen LogP contribution in [0.3, 0.4) is 0 Å². The summed E-state index contributed by atoms with van der Waals surface area (Å²) in [6, 6.07) is 0. The Kier molecular flexibility index (Phi) is 2.65. The Labute approximate surface area is 98.0 Å². The molecule has 0 spiro atoms. The minimum absolute atomic E-state index is 0.357. The molecule has 16 heavy (non-hydrogen) atoms. The van der Waals surface area contributed by atoms with Gasteiger partial charge in [-0.05, 0) is 31.6 Å². The van der Waals surface area contributed by atoms with Crippen LogP contribution in [-0.2, 0) is 5.60 Å². The van der Waals surface area contributed by atoms with Crippen molar-refractivity contribution in [1.29, 1.82) is 0 Å². The van der Waals surface area contributed by atoms with Gasteiger partial charge in [0, 0.05) is 6.54 Å². The Bertz CT molecular complexity index is 370. The normalized spacial score (nSPS) is 34.7. The fourth-order valence-corrected chi connectivity index (χ4v) is 3.39. The molecule has 2 unspecified atom stereocenters. The SMILES string of the molecule is OC1(c2nc(C3CCCS3)no2)CCNC1. The van der Waals surface area contributed by atoms with Gasteiger partial charge in [-0.15, -0.1) is 0 Å². The topological polar surface area (TPSA) is 71.2 Å². The molecule has 6 heteroatoms. The second-order valence-corrected chi connectivity index (χ2v) is 5.73. The van der Waals surface area contributed by atoms with Crippen LogP contribution in [0, 0.1) is 0 Å². The van der Waals surface area contributed by atoms with Crippen LogP contribution in [-0.4, -0.2) is 34.1 Å². The Hall–Kier alpha value is -0.590. The van der Waals surface area contributed by atoms with E-state index in [1.165, 1.54) is 12.2 Å². The van der Waals surface area contributed by atoms with Crippen molar-refractivity contribution in [3.05, 3.63) is 11.7 Å². The van der Waals surface area contributed by atoms with Crippen molar-refractivity contribution < 1.29 is 9.63 Å². The molecule has 5 nitrogen and oxygen atoms in total. The smallest absolute Gasteiger partial charge is 0.260 e. The van der Waals surface area contributed by atoms with Crippen molar-refractivity contribution in [3.63, 3.8) is 0 Å². The number of nitrogens with one attached hydrogen (secondary N) is 1. The summed E-state index contributed by atoms with van der Waals surface area (Å²) in [4.78, 5) is 4.36. The lowest BCUT2D eigenvalue weighted by Gasteiger charge is -2.14. The number of rotatable bonds is 2. The molecule has 88 valence electrons. The van der Waals surface area contributed by atoms with Crippen LogP contribution in [0.15, 0.2) is 4.52 Å². The van der Waals surface area contributed by atoms with Crippen molar-refractivity contribution >= 4 is 11.8 Å². The van der Waals surface area contributed by atoms with Gasteiger partial charge in [0.25, 0.3) is 5.89 Å². The van der Waals surface area contributed by atoms with E-state index in [1.807, 2.05) is 11.8 Å². The van der Waals surface area contributed by atoms with Gasteiger partial charge in [0.1, 0.15) is 0 Å². The van der Waals surface area contributed by atoms with Crippen molar-refractivity contribution in [2.24, 2.45) is 0 Å². The average molecular weight is 241 g/mol. The third-order valence-electron chi connectivity index (χ3n) is 3.19. The molecule has 2 atom stereocenters. The Morgan fingerprint density at radius 1 is 1.56 bits per heavy atom. The fourth-order valence-electron chi connectivity index (χ4n) is 2.20. The molecule has 3 heterocycles. The van der Waals surface area contributed by atoms with Crippen molar-refractivity contribution in [3.8, 4) is 0 Å². The minimum atomic E-state index is -0.950. The average Bonchev–Trinajstić information content (AvgIpc) is 2.98. The van der Waals surface area contributed by atoms with Gasteiger partial charge in [-0.2, -0.15) is 16.7 Å². The van der Waals surface area contributed by atoms with Crippen LogP contribution >= 0.6 is 11.8 Å². The van der Waals surface area contributed by atoms with Crippen LogP contribution in [0.4, 0.5) is 0 Å². The quantitative estimate of drug-likeness (QED) is 0.798. The molecular weight excluding hydrogens is 226 g/mol. The summed E-state index contributed by atoms with van der Waals surface area (Å²) in [5.41, 5.74) is -0.950. The van der Waals surface area contributed by atoms with Gasteiger partial charge >= 0.3 is 0 Å². The van der Waals surface area contributed by atoms with E-state index in [1.54, 1.807) is 0 Å². The molecule has 3 rings (SSSR count). The number of hydrogen-bond donors (Lipinski definition) is 2. The summed E-state index contributed by atoms with van der Waals surface area (Å²) < 4.78 is 5.20. The number of nitrogens with zero attached hydrogens (tertiary/aromatic N) is 2. The molecule has 2 saturated heterocycles. The number of aliphatic hydroxyl groups is 1. The molecule has 0 radical (unpaired) electrons. The lowest BCUT2D eigenvalue weighted by Crippen LogP contribution is -2.28. The Morgan fingerprint density at radius 2 is 2.50 bits per heavy atom. The molecule has 2 N–H and O–H groups in total. The number of aromatic nitrogens is 2. The molecule has 0 bridgehead atoms. The molecule has 0 aromatic carbocycles. The van der Waals surface area contributed by atoms with Gasteiger partial charge in [0.15, 0.2) is 11.4 Å². The zero-order chi connectivity index (χ0) is 11.0. The van der Waals surface area contributed by atoms with E-state index in [9.17, 15) is 5.11 Å². The molecule has 0 aliphatic carbocycles. The first-order valence-corrected chi connectivity index (χ1v) is 6.72. The maximum absolute atomic E-state index is 10.3. The monoisotopic (exact) mass is 241 g/mol. The summed E-state index contributed by atoms with van der Waals surface area (Å²) >= 11 is 1.87. The first kappa shape index (κ1) is 10.6. The molecular formula is C10H15N3O2S. The third-order valence-corrected chi connectivity index (χ3v) is 4.56. The van der Waals surface area contributed by atoms with Gasteiger partial charge in [-0.25, -0.2) is 0 Å². The Balaban J connectivity index is 1.81. The highest BCUT2D eigenvalue weighted by Crippen LogP contribution is 2.39. The summed E-state index contributed by atoms with van der Waals surface area (Å²) in [6.07, 6.45) is 2.97. The van der Waals surface area contributed by atoms with Crippen LogP contribution < -0.4 is 5.32 Å².